The molecule has 2 aliphatic heterocycles. The highest BCUT2D eigenvalue weighted by molar-refractivity contribution is 6.99. The molecule has 6 aromatic carbocycles. The molecule has 0 radical (unpaired) electrons. The lowest BCUT2D eigenvalue weighted by atomic mass is 9.34. The summed E-state index contributed by atoms with van der Waals surface area (Å²) in [5, 5.41) is 7.88. The van der Waals surface area contributed by atoms with E-state index in [1.807, 2.05) is 0 Å². The van der Waals surface area contributed by atoms with Crippen molar-refractivity contribution in [3.63, 3.8) is 0 Å². The topological polar surface area (TPSA) is 18.6 Å². The van der Waals surface area contributed by atoms with E-state index in [0.29, 0.717) is 0 Å². The minimum Gasteiger partial charge on any atom is -0.458 e. The van der Waals surface area contributed by atoms with Crippen molar-refractivity contribution in [1.29, 1.82) is 0 Å². The molecular weight excluding hydrogens is 535 g/mol. The van der Waals surface area contributed by atoms with Crippen molar-refractivity contribution < 1.29 is 4.74 Å². The second kappa shape index (κ2) is 7.46. The van der Waals surface area contributed by atoms with Crippen molar-refractivity contribution in [3.8, 4) is 17.2 Å². The lowest BCUT2D eigenvalue weighted by Crippen LogP contribution is -2.58. The van der Waals surface area contributed by atoms with Gasteiger partial charge in [-0.15, -0.1) is 0 Å². The number of benzene rings is 6. The van der Waals surface area contributed by atoms with Crippen LogP contribution in [0.3, 0.4) is 0 Å². The Bertz CT molecular complexity index is 2740. The fourth-order valence-electron chi connectivity index (χ4n) is 8.59. The molecule has 0 aliphatic carbocycles. The fraction of sp³-hybridized carbons (Fsp3) is 0.100. The fourth-order valence-corrected chi connectivity index (χ4v) is 8.59. The van der Waals surface area contributed by atoms with Gasteiger partial charge in [-0.1, -0.05) is 93.6 Å². The van der Waals surface area contributed by atoms with Gasteiger partial charge in [0.1, 0.15) is 11.5 Å². The Morgan fingerprint density at radius 3 is 2.14 bits per heavy atom. The predicted octanol–water partition coefficient (Wildman–Crippen LogP) is 8.17. The van der Waals surface area contributed by atoms with E-state index in [1.54, 1.807) is 0 Å². The molecule has 4 heteroatoms. The molecule has 2 aliphatic rings. The molecule has 5 heterocycles. The molecule has 3 nitrogen and oxygen atoms in total. The minimum absolute atomic E-state index is 0.0463. The molecule has 44 heavy (non-hydrogen) atoms. The van der Waals surface area contributed by atoms with Crippen LogP contribution in [0.25, 0.3) is 65.6 Å². The summed E-state index contributed by atoms with van der Waals surface area (Å²) in [5.41, 5.74) is 12.9. The SMILES string of the molecule is CC(C)(C)c1ccc2c(c1)B1c3c(cccc3-n3c4c1cccc4c1cc4c5ccccc5n5c6ccccc6c(c13)c45)O2. The molecule has 206 valence electrons. The Morgan fingerprint density at radius 1 is 0.568 bits per heavy atom. The normalized spacial score (nSPS) is 13.9. The maximum absolute atomic E-state index is 6.71. The number of rotatable bonds is 0. The third kappa shape index (κ3) is 2.55. The zero-order valence-electron chi connectivity index (χ0n) is 24.8. The maximum Gasteiger partial charge on any atom is 0.256 e. The Hall–Kier alpha value is -5.22. The number of para-hydroxylation sites is 3. The van der Waals surface area contributed by atoms with Crippen LogP contribution in [0.2, 0.25) is 0 Å². The monoisotopic (exact) mass is 562 g/mol. The second-order valence-corrected chi connectivity index (χ2v) is 13.7. The summed E-state index contributed by atoms with van der Waals surface area (Å²) >= 11 is 0. The molecule has 0 saturated carbocycles. The van der Waals surface area contributed by atoms with E-state index in [-0.39, 0.29) is 12.1 Å². The first-order valence-corrected chi connectivity index (χ1v) is 15.6. The summed E-state index contributed by atoms with van der Waals surface area (Å²) in [6, 6.07) is 40.6. The number of aromatic nitrogens is 2. The van der Waals surface area contributed by atoms with Crippen LogP contribution in [-0.4, -0.2) is 15.7 Å². The Labute approximate surface area is 254 Å². The van der Waals surface area contributed by atoms with Crippen LogP contribution in [0.4, 0.5) is 0 Å². The molecule has 9 aromatic rings. The van der Waals surface area contributed by atoms with Crippen LogP contribution in [0.5, 0.6) is 11.5 Å². The first-order chi connectivity index (χ1) is 21.5. The zero-order valence-corrected chi connectivity index (χ0v) is 24.8. The van der Waals surface area contributed by atoms with E-state index in [1.165, 1.54) is 87.5 Å². The molecule has 3 aromatic heterocycles. The first kappa shape index (κ1) is 23.3. The lowest BCUT2D eigenvalue weighted by Gasteiger charge is -2.34. The highest BCUT2D eigenvalue weighted by Crippen LogP contribution is 2.47. The van der Waals surface area contributed by atoms with Crippen LogP contribution in [0.1, 0.15) is 26.3 Å². The average molecular weight is 562 g/mol. The molecule has 0 N–H and O–H groups in total. The zero-order chi connectivity index (χ0) is 29.1. The van der Waals surface area contributed by atoms with Gasteiger partial charge in [0.15, 0.2) is 0 Å². The quantitative estimate of drug-likeness (QED) is 0.171. The third-order valence-corrected chi connectivity index (χ3v) is 10.4. The van der Waals surface area contributed by atoms with Gasteiger partial charge in [0.2, 0.25) is 0 Å². The summed E-state index contributed by atoms with van der Waals surface area (Å²) < 4.78 is 11.8. The van der Waals surface area contributed by atoms with Crippen molar-refractivity contribution in [2.45, 2.75) is 26.2 Å². The van der Waals surface area contributed by atoms with Crippen molar-refractivity contribution in [3.05, 3.63) is 115 Å². The van der Waals surface area contributed by atoms with Crippen LogP contribution in [0.15, 0.2) is 109 Å². The summed E-state index contributed by atoms with van der Waals surface area (Å²) in [4.78, 5) is 0. The van der Waals surface area contributed by atoms with Gasteiger partial charge < -0.3 is 13.7 Å². The van der Waals surface area contributed by atoms with Crippen molar-refractivity contribution in [2.75, 3.05) is 0 Å². The van der Waals surface area contributed by atoms with E-state index in [4.69, 9.17) is 4.74 Å². The third-order valence-electron chi connectivity index (χ3n) is 10.4. The van der Waals surface area contributed by atoms with E-state index < -0.39 is 0 Å². The van der Waals surface area contributed by atoms with Gasteiger partial charge in [0.25, 0.3) is 6.71 Å². The van der Waals surface area contributed by atoms with Crippen molar-refractivity contribution in [1.82, 2.24) is 8.97 Å². The molecule has 0 bridgehead atoms. The van der Waals surface area contributed by atoms with Gasteiger partial charge >= 0.3 is 0 Å². The van der Waals surface area contributed by atoms with Crippen LogP contribution in [-0.2, 0) is 5.41 Å². The number of hydrogen-bond donors (Lipinski definition) is 0. The van der Waals surface area contributed by atoms with Crippen LogP contribution in [0, 0.1) is 0 Å². The maximum atomic E-state index is 6.71. The smallest absolute Gasteiger partial charge is 0.256 e. The molecule has 0 saturated heterocycles. The lowest BCUT2D eigenvalue weighted by molar-refractivity contribution is 0.486. The molecule has 0 amide bonds. The standard InChI is InChI=1S/C40H27BN2O/c1-40(2,3)22-18-19-33-29(20-22)41-28-13-8-12-24-27-21-26-23-10-4-6-14-30(23)42-31-15-7-5-11-25(31)35(38(26)42)39(27)43(37(24)28)32-16-9-17-34(44-33)36(32)41/h4-21H,1-3H3. The minimum atomic E-state index is 0.0463. The Morgan fingerprint density at radius 2 is 1.30 bits per heavy atom. The van der Waals surface area contributed by atoms with E-state index >= 15 is 0 Å². The molecule has 11 rings (SSSR count). The van der Waals surface area contributed by atoms with Crippen LogP contribution < -0.4 is 21.1 Å². The molecule has 0 atom stereocenters. The summed E-state index contributed by atoms with van der Waals surface area (Å²) in [6.45, 7) is 6.98. The molecule has 0 unspecified atom stereocenters. The molecule has 0 fully saturated rings. The number of fused-ring (bicyclic) bond motifs is 14. The van der Waals surface area contributed by atoms with E-state index in [2.05, 4.69) is 139 Å². The van der Waals surface area contributed by atoms with Gasteiger partial charge in [0.05, 0.1) is 22.1 Å². The van der Waals surface area contributed by atoms with Gasteiger partial charge in [-0.3, -0.25) is 0 Å². The van der Waals surface area contributed by atoms with Crippen molar-refractivity contribution >= 4 is 83.0 Å². The second-order valence-electron chi connectivity index (χ2n) is 13.7. The summed E-state index contributed by atoms with van der Waals surface area (Å²) in [5.74, 6) is 1.92. The van der Waals surface area contributed by atoms with E-state index in [9.17, 15) is 0 Å². The Kier molecular flexibility index (Phi) is 3.94. The van der Waals surface area contributed by atoms with Gasteiger partial charge in [0, 0.05) is 43.5 Å². The van der Waals surface area contributed by atoms with Crippen LogP contribution >= 0.6 is 0 Å². The average Bonchev–Trinajstić information content (AvgIpc) is 3.67. The first-order valence-electron chi connectivity index (χ1n) is 15.6. The van der Waals surface area contributed by atoms with E-state index in [0.717, 1.165) is 11.5 Å². The Balaban J connectivity index is 1.38. The number of ether oxygens (including phenoxy) is 1. The summed E-state index contributed by atoms with van der Waals surface area (Å²) in [6.07, 6.45) is 0. The number of nitrogens with zero attached hydrogens (tertiary/aromatic N) is 2. The molecular formula is C40H27BN2O. The molecule has 0 spiro atoms. The summed E-state index contributed by atoms with van der Waals surface area (Å²) in [7, 11) is 0. The van der Waals surface area contributed by atoms with Gasteiger partial charge in [-0.2, -0.15) is 0 Å². The predicted molar refractivity (Wildman–Crippen MR) is 185 cm³/mol. The van der Waals surface area contributed by atoms with Crippen molar-refractivity contribution in [2.24, 2.45) is 0 Å². The van der Waals surface area contributed by atoms with Gasteiger partial charge in [-0.05, 0) is 63.8 Å². The largest absolute Gasteiger partial charge is 0.458 e. The number of hydrogen-bond acceptors (Lipinski definition) is 1. The highest BCUT2D eigenvalue weighted by atomic mass is 16.5. The van der Waals surface area contributed by atoms with Gasteiger partial charge in [-0.25, -0.2) is 0 Å². The highest BCUT2D eigenvalue weighted by Gasteiger charge is 2.41.